The van der Waals surface area contributed by atoms with E-state index in [0.717, 1.165) is 20.5 Å². The topological polar surface area (TPSA) is 81.7 Å². The van der Waals surface area contributed by atoms with Crippen LogP contribution in [0.4, 0.5) is 9.59 Å². The number of nitrogens with one attached hydrogen (secondary N) is 2. The molecule has 2 aromatic rings. The van der Waals surface area contributed by atoms with Gasteiger partial charge in [-0.1, -0.05) is 18.2 Å². The second-order valence-corrected chi connectivity index (χ2v) is 5.68. The van der Waals surface area contributed by atoms with Gasteiger partial charge in [-0.25, -0.2) is 14.5 Å². The van der Waals surface area contributed by atoms with Crippen LogP contribution in [0, 0.1) is 0 Å². The molecule has 1 aliphatic heterocycles. The third kappa shape index (κ3) is 2.70. The Bertz CT molecular complexity index is 685. The summed E-state index contributed by atoms with van der Waals surface area (Å²) in [4.78, 5) is 24.3. The smallest absolute Gasteiger partial charge is 0.325 e. The van der Waals surface area contributed by atoms with Gasteiger partial charge >= 0.3 is 12.1 Å². The number of carbonyl (C=O) groups is 2. The quantitative estimate of drug-likeness (QED) is 0.807. The number of aliphatic hydroxyl groups excluding tert-OH is 1. The molecular formula is C14H15N3O3S. The standard InChI is InChI=1S/C14H15N3O3S/c18-11(7-16-14(20)17-6-5-15-13(17)19)10-8-21-12-4-2-1-3-9(10)12/h1-4,8,11,18H,5-7H2,(H,15,19)(H,16,20)/t11-/m1/s1. The maximum atomic E-state index is 11.8. The van der Waals surface area contributed by atoms with E-state index < -0.39 is 18.2 Å². The molecule has 6 nitrogen and oxygen atoms in total. The summed E-state index contributed by atoms with van der Waals surface area (Å²) in [6, 6.07) is 6.91. The molecule has 1 fully saturated rings. The Balaban J connectivity index is 1.65. The van der Waals surface area contributed by atoms with Crippen molar-refractivity contribution in [2.75, 3.05) is 19.6 Å². The number of benzene rings is 1. The molecule has 4 amide bonds. The molecular weight excluding hydrogens is 290 g/mol. The summed E-state index contributed by atoms with van der Waals surface area (Å²) >= 11 is 1.55. The number of urea groups is 2. The molecule has 110 valence electrons. The van der Waals surface area contributed by atoms with Crippen LogP contribution in [0.1, 0.15) is 11.7 Å². The molecule has 0 spiro atoms. The lowest BCUT2D eigenvalue weighted by Gasteiger charge is -2.16. The van der Waals surface area contributed by atoms with Crippen molar-refractivity contribution in [2.24, 2.45) is 0 Å². The average molecular weight is 305 g/mol. The van der Waals surface area contributed by atoms with E-state index in [0.29, 0.717) is 13.1 Å². The van der Waals surface area contributed by atoms with Crippen LogP contribution in [0.15, 0.2) is 29.6 Å². The molecule has 0 aliphatic carbocycles. The van der Waals surface area contributed by atoms with E-state index in [1.807, 2.05) is 29.6 Å². The predicted octanol–water partition coefficient (Wildman–Crippen LogP) is 1.67. The fourth-order valence-electron chi connectivity index (χ4n) is 2.31. The number of aliphatic hydroxyl groups is 1. The van der Waals surface area contributed by atoms with Crippen molar-refractivity contribution < 1.29 is 14.7 Å². The molecule has 1 saturated heterocycles. The summed E-state index contributed by atoms with van der Waals surface area (Å²) < 4.78 is 1.09. The van der Waals surface area contributed by atoms with Crippen LogP contribution in [0.2, 0.25) is 0 Å². The molecule has 1 aromatic heterocycles. The highest BCUT2D eigenvalue weighted by molar-refractivity contribution is 7.17. The molecule has 2 heterocycles. The number of carbonyl (C=O) groups excluding carboxylic acids is 2. The Hall–Kier alpha value is -2.12. The van der Waals surface area contributed by atoms with Crippen molar-refractivity contribution in [1.82, 2.24) is 15.5 Å². The Labute approximate surface area is 125 Å². The lowest BCUT2D eigenvalue weighted by Crippen LogP contribution is -2.43. The lowest BCUT2D eigenvalue weighted by atomic mass is 10.1. The van der Waals surface area contributed by atoms with Gasteiger partial charge in [-0.3, -0.25) is 0 Å². The molecule has 1 aliphatic rings. The van der Waals surface area contributed by atoms with Crippen molar-refractivity contribution >= 4 is 33.5 Å². The zero-order valence-electron chi connectivity index (χ0n) is 11.2. The van der Waals surface area contributed by atoms with Gasteiger partial charge in [-0.15, -0.1) is 11.3 Å². The molecule has 0 bridgehead atoms. The van der Waals surface area contributed by atoms with Crippen molar-refractivity contribution in [3.63, 3.8) is 0 Å². The van der Waals surface area contributed by atoms with E-state index >= 15 is 0 Å². The first-order chi connectivity index (χ1) is 10.2. The van der Waals surface area contributed by atoms with Gasteiger partial charge in [0.05, 0.1) is 6.10 Å². The Morgan fingerprint density at radius 3 is 3.05 bits per heavy atom. The van der Waals surface area contributed by atoms with E-state index in [4.69, 9.17) is 0 Å². The van der Waals surface area contributed by atoms with E-state index in [-0.39, 0.29) is 6.54 Å². The molecule has 1 aromatic carbocycles. The summed E-state index contributed by atoms with van der Waals surface area (Å²) in [6.45, 7) is 0.884. The number of rotatable bonds is 3. The monoisotopic (exact) mass is 305 g/mol. The average Bonchev–Trinajstić information content (AvgIpc) is 3.10. The van der Waals surface area contributed by atoms with E-state index in [1.165, 1.54) is 0 Å². The van der Waals surface area contributed by atoms with Crippen LogP contribution in [0.3, 0.4) is 0 Å². The van der Waals surface area contributed by atoms with Crippen molar-refractivity contribution in [3.05, 3.63) is 35.2 Å². The van der Waals surface area contributed by atoms with Gasteiger partial charge in [-0.05, 0) is 16.8 Å². The number of hydrogen-bond acceptors (Lipinski definition) is 4. The minimum Gasteiger partial charge on any atom is -0.387 e. The maximum absolute atomic E-state index is 11.8. The number of nitrogens with zero attached hydrogens (tertiary/aromatic N) is 1. The van der Waals surface area contributed by atoms with Crippen LogP contribution in [-0.4, -0.2) is 41.7 Å². The van der Waals surface area contributed by atoms with E-state index in [9.17, 15) is 14.7 Å². The maximum Gasteiger partial charge on any atom is 0.325 e. The third-order valence-corrected chi connectivity index (χ3v) is 4.40. The van der Waals surface area contributed by atoms with Gasteiger partial charge in [0.15, 0.2) is 0 Å². The summed E-state index contributed by atoms with van der Waals surface area (Å²) in [7, 11) is 0. The first-order valence-corrected chi connectivity index (χ1v) is 7.52. The highest BCUT2D eigenvalue weighted by Gasteiger charge is 2.26. The van der Waals surface area contributed by atoms with Gasteiger partial charge in [0, 0.05) is 29.9 Å². The van der Waals surface area contributed by atoms with Crippen molar-refractivity contribution in [3.8, 4) is 0 Å². The summed E-state index contributed by atoms with van der Waals surface area (Å²) in [5, 5.41) is 18.3. The van der Waals surface area contributed by atoms with E-state index in [2.05, 4.69) is 10.6 Å². The Kier molecular flexibility index (Phi) is 3.76. The fraction of sp³-hybridized carbons (Fsp3) is 0.286. The highest BCUT2D eigenvalue weighted by Crippen LogP contribution is 2.29. The Morgan fingerprint density at radius 2 is 2.29 bits per heavy atom. The van der Waals surface area contributed by atoms with Crippen LogP contribution in [-0.2, 0) is 0 Å². The number of amides is 4. The minimum absolute atomic E-state index is 0.0728. The van der Waals surface area contributed by atoms with Gasteiger partial charge in [0.25, 0.3) is 0 Å². The summed E-state index contributed by atoms with van der Waals surface area (Å²) in [6.07, 6.45) is -0.796. The minimum atomic E-state index is -0.796. The fourth-order valence-corrected chi connectivity index (χ4v) is 3.32. The largest absolute Gasteiger partial charge is 0.387 e. The molecule has 0 saturated carbocycles. The molecule has 7 heteroatoms. The number of thiophene rings is 1. The molecule has 21 heavy (non-hydrogen) atoms. The number of fused-ring (bicyclic) bond motifs is 1. The first kappa shape index (κ1) is 13.8. The SMILES string of the molecule is O=C1NCCN1C(=O)NC[C@@H](O)c1csc2ccccc12. The predicted molar refractivity (Wildman–Crippen MR) is 80.3 cm³/mol. The zero-order chi connectivity index (χ0) is 14.8. The zero-order valence-corrected chi connectivity index (χ0v) is 12.0. The molecule has 0 unspecified atom stereocenters. The molecule has 1 atom stereocenters. The van der Waals surface area contributed by atoms with Gasteiger partial charge in [-0.2, -0.15) is 0 Å². The van der Waals surface area contributed by atoms with Crippen LogP contribution >= 0.6 is 11.3 Å². The number of imide groups is 1. The Morgan fingerprint density at radius 1 is 1.48 bits per heavy atom. The first-order valence-electron chi connectivity index (χ1n) is 6.64. The second-order valence-electron chi connectivity index (χ2n) is 4.77. The van der Waals surface area contributed by atoms with Gasteiger partial charge in [0.1, 0.15) is 0 Å². The van der Waals surface area contributed by atoms with Crippen LogP contribution in [0.5, 0.6) is 0 Å². The summed E-state index contributed by atoms with van der Waals surface area (Å²) in [5.74, 6) is 0. The van der Waals surface area contributed by atoms with Crippen LogP contribution in [0.25, 0.3) is 10.1 Å². The lowest BCUT2D eigenvalue weighted by molar-refractivity contribution is 0.166. The van der Waals surface area contributed by atoms with Crippen molar-refractivity contribution in [1.29, 1.82) is 0 Å². The molecule has 0 radical (unpaired) electrons. The van der Waals surface area contributed by atoms with E-state index in [1.54, 1.807) is 11.3 Å². The van der Waals surface area contributed by atoms with Crippen LogP contribution < -0.4 is 10.6 Å². The number of hydrogen-bond donors (Lipinski definition) is 3. The highest BCUT2D eigenvalue weighted by atomic mass is 32.1. The molecule has 3 rings (SSSR count). The molecule has 3 N–H and O–H groups in total. The van der Waals surface area contributed by atoms with Gasteiger partial charge in [0.2, 0.25) is 0 Å². The van der Waals surface area contributed by atoms with Gasteiger partial charge < -0.3 is 15.7 Å². The van der Waals surface area contributed by atoms with Crippen molar-refractivity contribution in [2.45, 2.75) is 6.10 Å². The second kappa shape index (κ2) is 5.71. The normalized spacial score (nSPS) is 16.0. The summed E-state index contributed by atoms with van der Waals surface area (Å²) in [5.41, 5.74) is 0.793. The third-order valence-electron chi connectivity index (χ3n) is 3.42.